The van der Waals surface area contributed by atoms with Crippen LogP contribution < -0.4 is 9.47 Å². The standard InChI is InChI=1S/C10H9Cl2NO2/c1-14-9-5-7(6-11)4-8(12)10(9)15-3-2-13/h4-5H,3,6H2,1H3. The second-order valence-corrected chi connectivity index (χ2v) is 3.36. The van der Waals surface area contributed by atoms with E-state index in [1.165, 1.54) is 7.11 Å². The highest BCUT2D eigenvalue weighted by molar-refractivity contribution is 6.32. The third-order valence-corrected chi connectivity index (χ3v) is 2.31. The molecule has 0 aliphatic carbocycles. The Morgan fingerprint density at radius 2 is 2.20 bits per heavy atom. The predicted molar refractivity (Wildman–Crippen MR) is 58.7 cm³/mol. The number of hydrogen-bond acceptors (Lipinski definition) is 3. The highest BCUT2D eigenvalue weighted by atomic mass is 35.5. The fraction of sp³-hybridized carbons (Fsp3) is 0.300. The van der Waals surface area contributed by atoms with Gasteiger partial charge < -0.3 is 9.47 Å². The summed E-state index contributed by atoms with van der Waals surface area (Å²) in [4.78, 5) is 0. The van der Waals surface area contributed by atoms with Gasteiger partial charge in [-0.15, -0.1) is 11.6 Å². The SMILES string of the molecule is COc1cc(CCl)cc(Cl)c1OCC#N. The van der Waals surface area contributed by atoms with Gasteiger partial charge in [-0.3, -0.25) is 0 Å². The Kier molecular flexibility index (Phi) is 4.54. The van der Waals surface area contributed by atoms with Crippen LogP contribution in [-0.2, 0) is 5.88 Å². The summed E-state index contributed by atoms with van der Waals surface area (Å²) < 4.78 is 10.2. The molecular weight excluding hydrogens is 237 g/mol. The summed E-state index contributed by atoms with van der Waals surface area (Å²) in [6, 6.07) is 5.27. The van der Waals surface area contributed by atoms with Crippen LogP contribution in [0.25, 0.3) is 0 Å². The molecule has 5 heteroatoms. The zero-order valence-corrected chi connectivity index (χ0v) is 9.60. The van der Waals surface area contributed by atoms with Gasteiger partial charge in [0.2, 0.25) is 0 Å². The van der Waals surface area contributed by atoms with Crippen LogP contribution in [0.15, 0.2) is 12.1 Å². The molecule has 0 aliphatic rings. The van der Waals surface area contributed by atoms with Crippen molar-refractivity contribution in [2.24, 2.45) is 0 Å². The molecule has 0 bridgehead atoms. The van der Waals surface area contributed by atoms with Crippen molar-refractivity contribution in [3.8, 4) is 17.6 Å². The Hall–Kier alpha value is -1.11. The van der Waals surface area contributed by atoms with E-state index < -0.39 is 0 Å². The molecule has 0 aliphatic heterocycles. The van der Waals surface area contributed by atoms with E-state index in [2.05, 4.69) is 0 Å². The summed E-state index contributed by atoms with van der Waals surface area (Å²) in [5.41, 5.74) is 0.836. The molecule has 0 spiro atoms. The summed E-state index contributed by atoms with van der Waals surface area (Å²) in [7, 11) is 1.50. The first-order valence-corrected chi connectivity index (χ1v) is 5.06. The minimum atomic E-state index is -0.0731. The summed E-state index contributed by atoms with van der Waals surface area (Å²) in [5, 5.41) is 8.79. The van der Waals surface area contributed by atoms with Crippen molar-refractivity contribution < 1.29 is 9.47 Å². The Bertz CT molecular complexity index is 388. The van der Waals surface area contributed by atoms with Crippen LogP contribution in [0, 0.1) is 11.3 Å². The zero-order chi connectivity index (χ0) is 11.3. The number of nitrogens with zero attached hydrogens (tertiary/aromatic N) is 1. The van der Waals surface area contributed by atoms with Crippen molar-refractivity contribution in [1.29, 1.82) is 5.26 Å². The number of methoxy groups -OCH3 is 1. The molecule has 0 saturated heterocycles. The lowest BCUT2D eigenvalue weighted by Gasteiger charge is -2.11. The zero-order valence-electron chi connectivity index (χ0n) is 8.09. The molecule has 0 radical (unpaired) electrons. The maximum atomic E-state index is 8.40. The lowest BCUT2D eigenvalue weighted by atomic mass is 10.2. The Morgan fingerprint density at radius 1 is 1.47 bits per heavy atom. The number of benzene rings is 1. The number of hydrogen-bond donors (Lipinski definition) is 0. The van der Waals surface area contributed by atoms with Gasteiger partial charge in [0.15, 0.2) is 18.1 Å². The third kappa shape index (κ3) is 2.92. The average molecular weight is 246 g/mol. The topological polar surface area (TPSA) is 42.2 Å². The fourth-order valence-electron chi connectivity index (χ4n) is 1.09. The normalized spacial score (nSPS) is 9.47. The van der Waals surface area contributed by atoms with Gasteiger partial charge in [-0.1, -0.05) is 11.6 Å². The van der Waals surface area contributed by atoms with Gasteiger partial charge in [-0.25, -0.2) is 0 Å². The molecule has 0 atom stereocenters. The number of nitriles is 1. The first-order valence-electron chi connectivity index (χ1n) is 4.15. The van der Waals surface area contributed by atoms with Gasteiger partial charge in [0.05, 0.1) is 12.1 Å². The average Bonchev–Trinajstić information content (AvgIpc) is 2.26. The number of ether oxygens (including phenoxy) is 2. The van der Waals surface area contributed by atoms with E-state index in [9.17, 15) is 0 Å². The van der Waals surface area contributed by atoms with Gasteiger partial charge in [0.1, 0.15) is 6.07 Å². The van der Waals surface area contributed by atoms with Crippen molar-refractivity contribution >= 4 is 23.2 Å². The van der Waals surface area contributed by atoms with Crippen LogP contribution in [-0.4, -0.2) is 13.7 Å². The lowest BCUT2D eigenvalue weighted by molar-refractivity contribution is 0.329. The van der Waals surface area contributed by atoms with Crippen molar-refractivity contribution in [1.82, 2.24) is 0 Å². The smallest absolute Gasteiger partial charge is 0.181 e. The van der Waals surface area contributed by atoms with E-state index in [1.54, 1.807) is 12.1 Å². The molecule has 15 heavy (non-hydrogen) atoms. The molecule has 80 valence electrons. The van der Waals surface area contributed by atoms with E-state index in [0.29, 0.717) is 22.4 Å². The van der Waals surface area contributed by atoms with E-state index in [-0.39, 0.29) is 6.61 Å². The maximum absolute atomic E-state index is 8.40. The van der Waals surface area contributed by atoms with Crippen LogP contribution in [0.1, 0.15) is 5.56 Å². The van der Waals surface area contributed by atoms with Crippen molar-refractivity contribution in [3.63, 3.8) is 0 Å². The second kappa shape index (κ2) is 5.69. The fourth-order valence-corrected chi connectivity index (χ4v) is 1.54. The van der Waals surface area contributed by atoms with Crippen molar-refractivity contribution in [2.75, 3.05) is 13.7 Å². The Balaban J connectivity index is 3.08. The highest BCUT2D eigenvalue weighted by Crippen LogP contribution is 2.36. The molecule has 0 amide bonds. The molecule has 1 rings (SSSR count). The Labute approximate surface area is 98.1 Å². The highest BCUT2D eigenvalue weighted by Gasteiger charge is 2.11. The summed E-state index contributed by atoms with van der Waals surface area (Å²) >= 11 is 11.6. The monoisotopic (exact) mass is 245 g/mol. The quantitative estimate of drug-likeness (QED) is 0.767. The number of alkyl halides is 1. The molecule has 1 aromatic carbocycles. The van der Waals surface area contributed by atoms with Crippen LogP contribution in [0.3, 0.4) is 0 Å². The largest absolute Gasteiger partial charge is 0.493 e. The molecule has 0 fully saturated rings. The van der Waals surface area contributed by atoms with E-state index in [1.807, 2.05) is 6.07 Å². The first-order chi connectivity index (χ1) is 7.22. The predicted octanol–water partition coefficient (Wildman–Crippen LogP) is 2.99. The molecule has 0 unspecified atom stereocenters. The van der Waals surface area contributed by atoms with E-state index in [0.717, 1.165) is 5.56 Å². The second-order valence-electron chi connectivity index (χ2n) is 2.69. The van der Waals surface area contributed by atoms with E-state index >= 15 is 0 Å². The van der Waals surface area contributed by atoms with Crippen molar-refractivity contribution in [2.45, 2.75) is 5.88 Å². The molecular formula is C10H9Cl2NO2. The van der Waals surface area contributed by atoms with Gasteiger partial charge in [0.25, 0.3) is 0 Å². The summed E-state index contributed by atoms with van der Waals surface area (Å²) in [6.07, 6.45) is 0. The molecule has 0 N–H and O–H groups in total. The minimum Gasteiger partial charge on any atom is -0.493 e. The van der Waals surface area contributed by atoms with Crippen LogP contribution in [0.5, 0.6) is 11.5 Å². The van der Waals surface area contributed by atoms with Gasteiger partial charge in [-0.2, -0.15) is 5.26 Å². The third-order valence-electron chi connectivity index (χ3n) is 1.72. The molecule has 0 aromatic heterocycles. The molecule has 0 saturated carbocycles. The molecule has 3 nitrogen and oxygen atoms in total. The Morgan fingerprint density at radius 3 is 2.73 bits per heavy atom. The van der Waals surface area contributed by atoms with Crippen LogP contribution >= 0.6 is 23.2 Å². The summed E-state index contributed by atoms with van der Waals surface area (Å²) in [5.74, 6) is 1.19. The van der Waals surface area contributed by atoms with Gasteiger partial charge in [0, 0.05) is 5.88 Å². The van der Waals surface area contributed by atoms with Gasteiger partial charge in [-0.05, 0) is 17.7 Å². The van der Waals surface area contributed by atoms with Gasteiger partial charge >= 0.3 is 0 Å². The first kappa shape index (κ1) is 12.0. The lowest BCUT2D eigenvalue weighted by Crippen LogP contribution is -1.98. The molecule has 1 aromatic rings. The number of halogens is 2. The minimum absolute atomic E-state index is 0.0731. The van der Waals surface area contributed by atoms with E-state index in [4.69, 9.17) is 37.9 Å². The van der Waals surface area contributed by atoms with Crippen molar-refractivity contribution in [3.05, 3.63) is 22.7 Å². The summed E-state index contributed by atoms with van der Waals surface area (Å²) in [6.45, 7) is -0.0731. The van der Waals surface area contributed by atoms with Crippen LogP contribution in [0.2, 0.25) is 5.02 Å². The van der Waals surface area contributed by atoms with Crippen LogP contribution in [0.4, 0.5) is 0 Å². The number of rotatable bonds is 4. The molecule has 0 heterocycles. The maximum Gasteiger partial charge on any atom is 0.181 e.